The number of aliphatic hydroxyl groups excluding tert-OH is 1. The minimum Gasteiger partial charge on any atom is -0.507 e. The molecule has 0 aliphatic carbocycles. The molecular formula is C28H25NO7. The highest BCUT2D eigenvalue weighted by atomic mass is 16.5. The molecule has 8 heteroatoms. The molecule has 0 bridgehead atoms. The Morgan fingerprint density at radius 2 is 1.61 bits per heavy atom. The molecule has 8 nitrogen and oxygen atoms in total. The lowest BCUT2D eigenvalue weighted by Gasteiger charge is -2.26. The quantitative estimate of drug-likeness (QED) is 0.290. The van der Waals surface area contributed by atoms with Crippen LogP contribution in [-0.4, -0.2) is 47.0 Å². The van der Waals surface area contributed by atoms with E-state index in [4.69, 9.17) is 9.47 Å². The number of benzene rings is 3. The van der Waals surface area contributed by atoms with Gasteiger partial charge in [-0.25, -0.2) is 4.79 Å². The van der Waals surface area contributed by atoms with Crippen LogP contribution in [0.2, 0.25) is 0 Å². The van der Waals surface area contributed by atoms with E-state index in [1.54, 1.807) is 61.7 Å². The van der Waals surface area contributed by atoms with Gasteiger partial charge in [-0.3, -0.25) is 9.59 Å². The standard InChI is InChI=1S/C28H25NO7/c1-16-13-20(11-12-22(16)36-3)25(30)23-24(19-5-4-6-21(14-19)35-2)29(27(32)26(23)31)15-17-7-9-18(10-8-17)28(33)34/h4-14,24,30H,15H2,1-3H3,(H,33,34)/b25-23-. The average molecular weight is 488 g/mol. The number of nitrogens with zero attached hydrogens (tertiary/aromatic N) is 1. The van der Waals surface area contributed by atoms with Crippen LogP contribution in [0.4, 0.5) is 0 Å². The number of carboxylic acids is 1. The second-order valence-corrected chi connectivity index (χ2v) is 8.39. The molecule has 0 saturated carbocycles. The van der Waals surface area contributed by atoms with E-state index in [0.717, 1.165) is 5.56 Å². The molecule has 1 heterocycles. The highest BCUT2D eigenvalue weighted by molar-refractivity contribution is 6.46. The minimum absolute atomic E-state index is 0.0325. The number of amides is 1. The molecule has 0 radical (unpaired) electrons. The van der Waals surface area contributed by atoms with Gasteiger partial charge in [-0.05, 0) is 66.1 Å². The molecule has 1 aliphatic rings. The van der Waals surface area contributed by atoms with Crippen molar-refractivity contribution in [3.63, 3.8) is 0 Å². The highest BCUT2D eigenvalue weighted by Crippen LogP contribution is 2.41. The van der Waals surface area contributed by atoms with E-state index in [-0.39, 0.29) is 23.4 Å². The number of carboxylic acid groups (broad SMARTS) is 1. The Bertz CT molecular complexity index is 1370. The van der Waals surface area contributed by atoms with Crippen LogP contribution in [0, 0.1) is 6.92 Å². The molecule has 1 saturated heterocycles. The van der Waals surface area contributed by atoms with E-state index >= 15 is 0 Å². The molecule has 3 aromatic carbocycles. The van der Waals surface area contributed by atoms with E-state index in [9.17, 15) is 24.6 Å². The molecule has 1 atom stereocenters. The van der Waals surface area contributed by atoms with Crippen LogP contribution >= 0.6 is 0 Å². The number of hydrogen-bond donors (Lipinski definition) is 2. The fourth-order valence-electron chi connectivity index (χ4n) is 4.33. The van der Waals surface area contributed by atoms with Gasteiger partial charge in [0, 0.05) is 12.1 Å². The molecule has 1 amide bonds. The minimum atomic E-state index is -1.06. The summed E-state index contributed by atoms with van der Waals surface area (Å²) in [5, 5.41) is 20.4. The first-order valence-corrected chi connectivity index (χ1v) is 11.1. The smallest absolute Gasteiger partial charge is 0.335 e. The fraction of sp³-hybridized carbons (Fsp3) is 0.179. The van der Waals surface area contributed by atoms with Crippen LogP contribution in [0.3, 0.4) is 0 Å². The number of Topliss-reactive ketones (excluding diaryl/α,β-unsaturated/α-hetero) is 1. The zero-order valence-corrected chi connectivity index (χ0v) is 20.0. The maximum atomic E-state index is 13.3. The Morgan fingerprint density at radius 1 is 0.917 bits per heavy atom. The summed E-state index contributed by atoms with van der Waals surface area (Å²) >= 11 is 0. The van der Waals surface area contributed by atoms with Gasteiger partial charge in [-0.15, -0.1) is 0 Å². The first-order chi connectivity index (χ1) is 17.2. The van der Waals surface area contributed by atoms with E-state index in [1.807, 2.05) is 6.92 Å². The number of aryl methyl sites for hydroxylation is 1. The number of aromatic carboxylic acids is 1. The Hall–Kier alpha value is -4.59. The maximum absolute atomic E-state index is 13.3. The van der Waals surface area contributed by atoms with Gasteiger partial charge in [0.1, 0.15) is 17.3 Å². The lowest BCUT2D eigenvalue weighted by Crippen LogP contribution is -2.29. The Labute approximate surface area is 208 Å². The number of aliphatic hydroxyl groups is 1. The SMILES string of the molecule is COc1cccc(C2/C(=C(/O)c3ccc(OC)c(C)c3)C(=O)C(=O)N2Cc2ccc(C(=O)O)cc2)c1. The summed E-state index contributed by atoms with van der Waals surface area (Å²) in [6.45, 7) is 1.85. The van der Waals surface area contributed by atoms with Gasteiger partial charge in [0.05, 0.1) is 31.4 Å². The van der Waals surface area contributed by atoms with Crippen LogP contribution in [0.15, 0.2) is 72.3 Å². The second kappa shape index (κ2) is 9.95. The number of hydrogen-bond acceptors (Lipinski definition) is 6. The van der Waals surface area contributed by atoms with Crippen molar-refractivity contribution in [1.29, 1.82) is 0 Å². The average Bonchev–Trinajstić information content (AvgIpc) is 3.13. The number of rotatable bonds is 7. The monoisotopic (exact) mass is 487 g/mol. The molecule has 1 fully saturated rings. The molecule has 1 aliphatic heterocycles. The topological polar surface area (TPSA) is 113 Å². The summed E-state index contributed by atoms with van der Waals surface area (Å²) in [6, 6.07) is 17.1. The summed E-state index contributed by atoms with van der Waals surface area (Å²) in [5.41, 5.74) is 2.43. The molecule has 0 spiro atoms. The number of ether oxygens (including phenoxy) is 2. The third kappa shape index (κ3) is 4.53. The van der Waals surface area contributed by atoms with E-state index in [1.165, 1.54) is 24.1 Å². The largest absolute Gasteiger partial charge is 0.507 e. The number of carbonyl (C=O) groups excluding carboxylic acids is 2. The van der Waals surface area contributed by atoms with Crippen molar-refractivity contribution in [3.8, 4) is 11.5 Å². The number of ketones is 1. The van der Waals surface area contributed by atoms with E-state index < -0.39 is 23.7 Å². The summed E-state index contributed by atoms with van der Waals surface area (Å²) in [4.78, 5) is 39.1. The molecule has 0 aromatic heterocycles. The summed E-state index contributed by atoms with van der Waals surface area (Å²) in [5.74, 6) is -1.78. The lowest BCUT2D eigenvalue weighted by molar-refractivity contribution is -0.140. The van der Waals surface area contributed by atoms with E-state index in [0.29, 0.717) is 28.2 Å². The Morgan fingerprint density at radius 3 is 2.22 bits per heavy atom. The second-order valence-electron chi connectivity index (χ2n) is 8.39. The normalized spacial score (nSPS) is 16.8. The lowest BCUT2D eigenvalue weighted by atomic mass is 9.94. The third-order valence-electron chi connectivity index (χ3n) is 6.17. The van der Waals surface area contributed by atoms with Gasteiger partial charge in [0.15, 0.2) is 0 Å². The van der Waals surface area contributed by atoms with Crippen molar-refractivity contribution >= 4 is 23.4 Å². The van der Waals surface area contributed by atoms with E-state index in [2.05, 4.69) is 0 Å². The predicted octanol–water partition coefficient (Wildman–Crippen LogP) is 4.33. The van der Waals surface area contributed by atoms with Gasteiger partial charge < -0.3 is 24.6 Å². The molecule has 3 aromatic rings. The zero-order chi connectivity index (χ0) is 26.0. The van der Waals surface area contributed by atoms with Crippen LogP contribution in [-0.2, 0) is 16.1 Å². The predicted molar refractivity (Wildman–Crippen MR) is 132 cm³/mol. The van der Waals surface area contributed by atoms with Crippen LogP contribution in [0.25, 0.3) is 5.76 Å². The maximum Gasteiger partial charge on any atom is 0.335 e. The van der Waals surface area contributed by atoms with Crippen molar-refractivity contribution in [2.24, 2.45) is 0 Å². The third-order valence-corrected chi connectivity index (χ3v) is 6.17. The van der Waals surface area contributed by atoms with Crippen molar-refractivity contribution in [3.05, 3.63) is 100 Å². The molecule has 1 unspecified atom stereocenters. The van der Waals surface area contributed by atoms with Crippen LogP contribution in [0.1, 0.15) is 38.7 Å². The molecule has 184 valence electrons. The highest BCUT2D eigenvalue weighted by Gasteiger charge is 2.46. The molecule has 4 rings (SSSR count). The van der Waals surface area contributed by atoms with Gasteiger partial charge in [0.25, 0.3) is 11.7 Å². The number of carbonyl (C=O) groups is 3. The molecule has 2 N–H and O–H groups in total. The van der Waals surface area contributed by atoms with Crippen LogP contribution in [0.5, 0.6) is 11.5 Å². The van der Waals surface area contributed by atoms with Crippen molar-refractivity contribution in [1.82, 2.24) is 4.90 Å². The van der Waals surface area contributed by atoms with Gasteiger partial charge in [-0.2, -0.15) is 0 Å². The Balaban J connectivity index is 1.84. The first-order valence-electron chi connectivity index (χ1n) is 11.1. The van der Waals surface area contributed by atoms with Crippen molar-refractivity contribution in [2.45, 2.75) is 19.5 Å². The van der Waals surface area contributed by atoms with Gasteiger partial charge >= 0.3 is 5.97 Å². The molecule has 36 heavy (non-hydrogen) atoms. The Kier molecular flexibility index (Phi) is 6.78. The van der Waals surface area contributed by atoms with Crippen LogP contribution < -0.4 is 9.47 Å². The number of likely N-dealkylation sites (tertiary alicyclic amines) is 1. The fourth-order valence-corrected chi connectivity index (χ4v) is 4.33. The summed E-state index contributed by atoms with van der Waals surface area (Å²) < 4.78 is 10.6. The number of methoxy groups -OCH3 is 2. The van der Waals surface area contributed by atoms with Crippen molar-refractivity contribution < 1.29 is 34.1 Å². The zero-order valence-electron chi connectivity index (χ0n) is 20.0. The van der Waals surface area contributed by atoms with Gasteiger partial charge in [0.2, 0.25) is 0 Å². The van der Waals surface area contributed by atoms with Crippen molar-refractivity contribution in [2.75, 3.05) is 14.2 Å². The first kappa shape index (κ1) is 24.5. The molecular weight excluding hydrogens is 462 g/mol. The summed E-state index contributed by atoms with van der Waals surface area (Å²) in [6.07, 6.45) is 0. The summed E-state index contributed by atoms with van der Waals surface area (Å²) in [7, 11) is 3.05. The van der Waals surface area contributed by atoms with Gasteiger partial charge in [-0.1, -0.05) is 24.3 Å².